The highest BCUT2D eigenvalue weighted by Gasteiger charge is 2.17. The predicted octanol–water partition coefficient (Wildman–Crippen LogP) is 5.94. The van der Waals surface area contributed by atoms with Crippen molar-refractivity contribution in [2.45, 2.75) is 25.9 Å². The van der Waals surface area contributed by atoms with Crippen LogP contribution in [-0.2, 0) is 4.79 Å². The number of aromatic nitrogens is 5. The molecule has 39 heavy (non-hydrogen) atoms. The second-order valence-electron chi connectivity index (χ2n) is 8.90. The molecule has 0 saturated carbocycles. The lowest BCUT2D eigenvalue weighted by molar-refractivity contribution is -0.118. The average molecular weight is 556 g/mol. The van der Waals surface area contributed by atoms with E-state index in [1.54, 1.807) is 6.21 Å². The molecule has 5 aromatic rings. The molecule has 0 aliphatic heterocycles. The summed E-state index contributed by atoms with van der Waals surface area (Å²) in [7, 11) is 0. The Hall–Kier alpha value is -4.21. The van der Waals surface area contributed by atoms with Crippen LogP contribution in [0, 0.1) is 20.8 Å². The number of rotatable bonds is 8. The highest BCUT2D eigenvalue weighted by molar-refractivity contribution is 7.99. The van der Waals surface area contributed by atoms with Crippen molar-refractivity contribution in [1.29, 1.82) is 0 Å². The molecule has 8 nitrogen and oxygen atoms in total. The standard InChI is InChI=1S/C29H26ClN7OS/c1-19-9-15-24(16-10-19)36-28(22-11-13-23(30)14-12-22)33-34-29(36)39-18-27(38)32-31-17-26-20(2)35-37(21(26)3)25-7-5-4-6-8-25/h4-17H,18H2,1-3H3,(H,32,38)/b31-17-. The van der Waals surface area contributed by atoms with E-state index in [0.29, 0.717) is 16.0 Å². The second-order valence-corrected chi connectivity index (χ2v) is 10.3. The summed E-state index contributed by atoms with van der Waals surface area (Å²) in [4.78, 5) is 12.7. The van der Waals surface area contributed by atoms with Crippen molar-refractivity contribution in [1.82, 2.24) is 30.0 Å². The fourth-order valence-corrected chi connectivity index (χ4v) is 4.94. The van der Waals surface area contributed by atoms with Gasteiger partial charge >= 0.3 is 0 Å². The van der Waals surface area contributed by atoms with Crippen LogP contribution in [0.15, 0.2) is 89.1 Å². The Morgan fingerprint density at radius 1 is 0.949 bits per heavy atom. The van der Waals surface area contributed by atoms with Gasteiger partial charge < -0.3 is 0 Å². The molecule has 1 N–H and O–H groups in total. The maximum absolute atomic E-state index is 12.7. The average Bonchev–Trinajstić information content (AvgIpc) is 3.49. The lowest BCUT2D eigenvalue weighted by Gasteiger charge is -2.10. The summed E-state index contributed by atoms with van der Waals surface area (Å²) < 4.78 is 3.80. The summed E-state index contributed by atoms with van der Waals surface area (Å²) in [5.41, 5.74) is 9.12. The van der Waals surface area contributed by atoms with Crippen molar-refractivity contribution in [2.75, 3.05) is 5.75 Å². The second kappa shape index (κ2) is 11.7. The van der Waals surface area contributed by atoms with Crippen LogP contribution in [0.2, 0.25) is 5.02 Å². The normalized spacial score (nSPS) is 11.3. The van der Waals surface area contributed by atoms with Gasteiger partial charge in [0.2, 0.25) is 0 Å². The van der Waals surface area contributed by atoms with Crippen molar-refractivity contribution in [3.8, 4) is 22.8 Å². The number of carbonyl (C=O) groups is 1. The fraction of sp³-hybridized carbons (Fsp3) is 0.138. The number of hydrogen-bond donors (Lipinski definition) is 1. The van der Waals surface area contributed by atoms with E-state index in [1.807, 2.05) is 109 Å². The first-order chi connectivity index (χ1) is 18.9. The van der Waals surface area contributed by atoms with E-state index in [1.165, 1.54) is 11.8 Å². The van der Waals surface area contributed by atoms with E-state index < -0.39 is 0 Å². The summed E-state index contributed by atoms with van der Waals surface area (Å²) >= 11 is 7.37. The zero-order valence-electron chi connectivity index (χ0n) is 21.7. The Bertz CT molecular complexity index is 1630. The Morgan fingerprint density at radius 2 is 1.67 bits per heavy atom. The highest BCUT2D eigenvalue weighted by atomic mass is 35.5. The van der Waals surface area contributed by atoms with Crippen molar-refractivity contribution < 1.29 is 4.79 Å². The monoisotopic (exact) mass is 555 g/mol. The number of carbonyl (C=O) groups excluding carboxylic acids is 1. The van der Waals surface area contributed by atoms with Crippen LogP contribution < -0.4 is 5.43 Å². The van der Waals surface area contributed by atoms with Crippen LogP contribution in [0.25, 0.3) is 22.8 Å². The molecular weight excluding hydrogens is 530 g/mol. The van der Waals surface area contributed by atoms with Gasteiger partial charge in [0.25, 0.3) is 5.91 Å². The molecule has 0 unspecified atom stereocenters. The molecule has 0 aliphatic rings. The van der Waals surface area contributed by atoms with Crippen LogP contribution in [0.4, 0.5) is 0 Å². The zero-order valence-corrected chi connectivity index (χ0v) is 23.2. The molecule has 3 aromatic carbocycles. The maximum Gasteiger partial charge on any atom is 0.250 e. The minimum Gasteiger partial charge on any atom is -0.272 e. The van der Waals surface area contributed by atoms with E-state index in [-0.39, 0.29) is 11.7 Å². The van der Waals surface area contributed by atoms with Gasteiger partial charge in [0.1, 0.15) is 0 Å². The molecule has 1 amide bonds. The van der Waals surface area contributed by atoms with Crippen molar-refractivity contribution >= 4 is 35.5 Å². The summed E-state index contributed by atoms with van der Waals surface area (Å²) in [6, 6.07) is 25.4. The largest absolute Gasteiger partial charge is 0.272 e. The van der Waals surface area contributed by atoms with Gasteiger partial charge in [-0.2, -0.15) is 10.2 Å². The number of hydrazone groups is 1. The van der Waals surface area contributed by atoms with Gasteiger partial charge in [-0.15, -0.1) is 10.2 Å². The zero-order chi connectivity index (χ0) is 27.4. The quantitative estimate of drug-likeness (QED) is 0.145. The number of halogens is 1. The molecule has 2 heterocycles. The van der Waals surface area contributed by atoms with Gasteiger partial charge in [-0.3, -0.25) is 9.36 Å². The lowest BCUT2D eigenvalue weighted by atomic mass is 10.2. The van der Waals surface area contributed by atoms with E-state index >= 15 is 0 Å². The van der Waals surface area contributed by atoms with Crippen LogP contribution in [-0.4, -0.2) is 42.4 Å². The van der Waals surface area contributed by atoms with E-state index in [0.717, 1.165) is 39.5 Å². The topological polar surface area (TPSA) is 90.0 Å². The van der Waals surface area contributed by atoms with Crippen molar-refractivity contribution in [3.05, 3.63) is 106 Å². The smallest absolute Gasteiger partial charge is 0.250 e. The van der Waals surface area contributed by atoms with Crippen LogP contribution in [0.1, 0.15) is 22.5 Å². The number of nitrogens with zero attached hydrogens (tertiary/aromatic N) is 6. The molecule has 0 spiro atoms. The number of hydrogen-bond acceptors (Lipinski definition) is 6. The number of aryl methyl sites for hydroxylation is 2. The first-order valence-corrected chi connectivity index (χ1v) is 13.6. The molecule has 5 rings (SSSR count). The van der Waals surface area contributed by atoms with Crippen LogP contribution in [0.3, 0.4) is 0 Å². The van der Waals surface area contributed by atoms with Gasteiger partial charge in [0, 0.05) is 21.8 Å². The summed E-state index contributed by atoms with van der Waals surface area (Å²) in [6.45, 7) is 5.93. The number of benzene rings is 3. The lowest BCUT2D eigenvalue weighted by Crippen LogP contribution is -2.20. The van der Waals surface area contributed by atoms with Crippen molar-refractivity contribution in [2.24, 2.45) is 5.10 Å². The van der Waals surface area contributed by atoms with Gasteiger partial charge in [0.15, 0.2) is 11.0 Å². The van der Waals surface area contributed by atoms with Crippen LogP contribution >= 0.6 is 23.4 Å². The summed E-state index contributed by atoms with van der Waals surface area (Å²) in [5.74, 6) is 0.523. The van der Waals surface area contributed by atoms with E-state index in [4.69, 9.17) is 11.6 Å². The van der Waals surface area contributed by atoms with Gasteiger partial charge in [0.05, 0.1) is 29.0 Å². The molecule has 10 heteroatoms. The van der Waals surface area contributed by atoms with Crippen LogP contribution in [0.5, 0.6) is 0 Å². The van der Waals surface area contributed by atoms with E-state index in [2.05, 4.69) is 25.8 Å². The minimum absolute atomic E-state index is 0.114. The maximum atomic E-state index is 12.7. The molecule has 2 aromatic heterocycles. The number of para-hydroxylation sites is 1. The molecule has 0 fully saturated rings. The van der Waals surface area contributed by atoms with Crippen molar-refractivity contribution in [3.63, 3.8) is 0 Å². The third-order valence-electron chi connectivity index (χ3n) is 6.09. The molecule has 0 saturated heterocycles. The Labute approximate surface area is 235 Å². The molecule has 0 atom stereocenters. The minimum atomic E-state index is -0.256. The Kier molecular flexibility index (Phi) is 7.90. The molecule has 0 radical (unpaired) electrons. The fourth-order valence-electron chi connectivity index (χ4n) is 4.07. The van der Waals surface area contributed by atoms with E-state index in [9.17, 15) is 4.79 Å². The third kappa shape index (κ3) is 5.94. The molecule has 196 valence electrons. The van der Waals surface area contributed by atoms with Gasteiger partial charge in [-0.1, -0.05) is 59.3 Å². The predicted molar refractivity (Wildman–Crippen MR) is 156 cm³/mol. The molecule has 0 bridgehead atoms. The third-order valence-corrected chi connectivity index (χ3v) is 7.27. The SMILES string of the molecule is Cc1ccc(-n2c(SCC(=O)N/N=C\c3c(C)nn(-c4ccccc4)c3C)nnc2-c2ccc(Cl)cc2)cc1. The van der Waals surface area contributed by atoms with Gasteiger partial charge in [-0.25, -0.2) is 10.1 Å². The number of thioether (sulfide) groups is 1. The number of nitrogens with one attached hydrogen (secondary N) is 1. The Balaban J connectivity index is 1.30. The highest BCUT2D eigenvalue weighted by Crippen LogP contribution is 2.29. The summed E-state index contributed by atoms with van der Waals surface area (Å²) in [5, 5.41) is 18.8. The first kappa shape index (κ1) is 26.4. The molecular formula is C29H26ClN7OS. The first-order valence-electron chi connectivity index (χ1n) is 12.3. The molecule has 0 aliphatic carbocycles. The number of amides is 1. The summed E-state index contributed by atoms with van der Waals surface area (Å²) in [6.07, 6.45) is 1.63. The van der Waals surface area contributed by atoms with Gasteiger partial charge in [-0.05, 0) is 69.3 Å². The Morgan fingerprint density at radius 3 is 2.38 bits per heavy atom.